The Hall–Kier alpha value is -0.810. The van der Waals surface area contributed by atoms with Crippen LogP contribution in [0.4, 0.5) is 0 Å². The summed E-state index contributed by atoms with van der Waals surface area (Å²) in [5.74, 6) is 0.117. The van der Waals surface area contributed by atoms with Crippen molar-refractivity contribution in [3.8, 4) is 0 Å². The topological polar surface area (TPSA) is 46.1 Å². The van der Waals surface area contributed by atoms with E-state index in [1.165, 1.54) is 11.8 Å². The van der Waals surface area contributed by atoms with E-state index in [1.54, 1.807) is 12.1 Å². The van der Waals surface area contributed by atoms with Crippen molar-refractivity contribution in [3.05, 3.63) is 17.3 Å². The molecule has 0 fully saturated rings. The van der Waals surface area contributed by atoms with Crippen LogP contribution in [0.1, 0.15) is 34.6 Å². The third kappa shape index (κ3) is 4.66. The van der Waals surface area contributed by atoms with E-state index in [2.05, 4.69) is 10.2 Å². The molecule has 0 saturated carbocycles. The van der Waals surface area contributed by atoms with Gasteiger partial charge in [0, 0.05) is 12.1 Å². The van der Waals surface area contributed by atoms with Crippen molar-refractivity contribution in [3.63, 3.8) is 0 Å². The smallest absolute Gasteiger partial charge is 0.236 e. The molecule has 1 aromatic rings. The van der Waals surface area contributed by atoms with Crippen molar-refractivity contribution in [2.75, 3.05) is 0 Å². The second-order valence-electron chi connectivity index (χ2n) is 4.89. The number of thioether (sulfide) groups is 1. The molecule has 0 saturated heterocycles. The van der Waals surface area contributed by atoms with Crippen molar-refractivity contribution in [1.82, 2.24) is 15.1 Å². The third-order valence-corrected chi connectivity index (χ3v) is 3.84. The molecule has 19 heavy (non-hydrogen) atoms. The Balaban J connectivity index is 2.73. The minimum atomic E-state index is -0.194. The molecule has 0 aliphatic heterocycles. The molecular weight excluding hydrogens is 282 g/mol. The monoisotopic (exact) mass is 301 g/mol. The highest BCUT2D eigenvalue weighted by atomic mass is 35.5. The fraction of sp³-hybridized carbons (Fsp3) is 0.615. The fourth-order valence-corrected chi connectivity index (χ4v) is 2.83. The van der Waals surface area contributed by atoms with E-state index < -0.39 is 0 Å². The van der Waals surface area contributed by atoms with Crippen LogP contribution in [-0.4, -0.2) is 38.3 Å². The van der Waals surface area contributed by atoms with Gasteiger partial charge in [-0.25, -0.2) is 0 Å². The van der Waals surface area contributed by atoms with E-state index in [-0.39, 0.29) is 23.2 Å². The number of carbonyl (C=O) groups excluding carboxylic acids is 1. The zero-order valence-corrected chi connectivity index (χ0v) is 13.5. The zero-order valence-electron chi connectivity index (χ0n) is 11.9. The lowest BCUT2D eigenvalue weighted by atomic mass is 10.2. The summed E-state index contributed by atoms with van der Waals surface area (Å²) < 4.78 is 0. The molecule has 0 spiro atoms. The zero-order chi connectivity index (χ0) is 14.6. The lowest BCUT2D eigenvalue weighted by Gasteiger charge is -2.32. The highest BCUT2D eigenvalue weighted by molar-refractivity contribution is 8.00. The molecule has 106 valence electrons. The summed E-state index contributed by atoms with van der Waals surface area (Å²) >= 11 is 7.09. The van der Waals surface area contributed by atoms with Crippen LogP contribution in [-0.2, 0) is 4.79 Å². The number of hydrogen-bond donors (Lipinski definition) is 0. The van der Waals surface area contributed by atoms with E-state index in [1.807, 2.05) is 39.5 Å². The molecule has 1 amide bonds. The fourth-order valence-electron chi connectivity index (χ4n) is 1.91. The van der Waals surface area contributed by atoms with Crippen molar-refractivity contribution < 1.29 is 4.79 Å². The number of aromatic nitrogens is 2. The first-order chi connectivity index (χ1) is 8.82. The molecular formula is C13H20ClN3OS. The van der Waals surface area contributed by atoms with Gasteiger partial charge in [0.25, 0.3) is 0 Å². The minimum absolute atomic E-state index is 0.117. The maximum Gasteiger partial charge on any atom is 0.236 e. The Kier molecular flexibility index (Phi) is 6.07. The van der Waals surface area contributed by atoms with E-state index in [9.17, 15) is 4.79 Å². The van der Waals surface area contributed by atoms with Gasteiger partial charge in [-0.15, -0.1) is 10.2 Å². The first-order valence-corrected chi connectivity index (χ1v) is 7.56. The molecule has 0 unspecified atom stereocenters. The number of amides is 1. The van der Waals surface area contributed by atoms with Crippen molar-refractivity contribution in [2.45, 2.75) is 57.0 Å². The van der Waals surface area contributed by atoms with Crippen LogP contribution in [0.3, 0.4) is 0 Å². The maximum absolute atomic E-state index is 12.4. The Bertz CT molecular complexity index is 414. The second kappa shape index (κ2) is 7.10. The summed E-state index contributed by atoms with van der Waals surface area (Å²) in [6.07, 6.45) is 0. The van der Waals surface area contributed by atoms with Gasteiger partial charge in [-0.3, -0.25) is 4.79 Å². The standard InChI is InChI=1S/C13H20ClN3OS/c1-8(2)17(9(3)4)13(18)10(5)19-12-7-6-11(14)15-16-12/h6-10H,1-5H3/t10-/m0/s1. The average Bonchev–Trinajstić information content (AvgIpc) is 2.31. The van der Waals surface area contributed by atoms with Gasteiger partial charge in [0.05, 0.1) is 5.25 Å². The number of hydrogen-bond acceptors (Lipinski definition) is 4. The van der Waals surface area contributed by atoms with Crippen LogP contribution in [0.5, 0.6) is 0 Å². The predicted molar refractivity (Wildman–Crippen MR) is 79.5 cm³/mol. The summed E-state index contributed by atoms with van der Waals surface area (Å²) in [6, 6.07) is 3.83. The highest BCUT2D eigenvalue weighted by Crippen LogP contribution is 2.24. The summed E-state index contributed by atoms with van der Waals surface area (Å²) in [5.41, 5.74) is 0. The third-order valence-electron chi connectivity index (χ3n) is 2.62. The lowest BCUT2D eigenvalue weighted by molar-refractivity contribution is -0.133. The van der Waals surface area contributed by atoms with Crippen LogP contribution in [0, 0.1) is 0 Å². The maximum atomic E-state index is 12.4. The van der Waals surface area contributed by atoms with Crippen molar-refractivity contribution >= 4 is 29.3 Å². The van der Waals surface area contributed by atoms with Crippen molar-refractivity contribution in [2.24, 2.45) is 0 Å². The van der Waals surface area contributed by atoms with Gasteiger partial charge in [0.2, 0.25) is 5.91 Å². The molecule has 1 atom stereocenters. The van der Waals surface area contributed by atoms with Gasteiger partial charge >= 0.3 is 0 Å². The molecule has 0 bridgehead atoms. The summed E-state index contributed by atoms with van der Waals surface area (Å²) in [5, 5.41) is 8.60. The molecule has 0 aliphatic rings. The molecule has 1 heterocycles. The number of carbonyl (C=O) groups is 1. The lowest BCUT2D eigenvalue weighted by Crippen LogP contribution is -2.45. The van der Waals surface area contributed by atoms with E-state index in [0.29, 0.717) is 10.2 Å². The van der Waals surface area contributed by atoms with Gasteiger partial charge in [0.15, 0.2) is 5.15 Å². The van der Waals surface area contributed by atoms with Gasteiger partial charge in [-0.05, 0) is 46.8 Å². The van der Waals surface area contributed by atoms with E-state index >= 15 is 0 Å². The van der Waals surface area contributed by atoms with Crippen LogP contribution in [0.2, 0.25) is 5.15 Å². The summed E-state index contributed by atoms with van der Waals surface area (Å²) in [4.78, 5) is 14.3. The van der Waals surface area contributed by atoms with Crippen LogP contribution in [0.15, 0.2) is 17.2 Å². The molecule has 0 aliphatic carbocycles. The molecule has 4 nitrogen and oxygen atoms in total. The SMILES string of the molecule is CC(C)N(C(=O)[C@H](C)Sc1ccc(Cl)nn1)C(C)C. The first kappa shape index (κ1) is 16.2. The predicted octanol–water partition coefficient (Wildman–Crippen LogP) is 3.26. The first-order valence-electron chi connectivity index (χ1n) is 6.31. The summed E-state index contributed by atoms with van der Waals surface area (Å²) in [6.45, 7) is 9.99. The number of rotatable bonds is 5. The summed E-state index contributed by atoms with van der Waals surface area (Å²) in [7, 11) is 0. The molecule has 0 radical (unpaired) electrons. The molecule has 6 heteroatoms. The minimum Gasteiger partial charge on any atom is -0.337 e. The Labute approximate surface area is 123 Å². The van der Waals surface area contributed by atoms with Crippen LogP contribution >= 0.6 is 23.4 Å². The molecule has 0 aromatic carbocycles. The van der Waals surface area contributed by atoms with Gasteiger partial charge in [-0.1, -0.05) is 23.4 Å². The molecule has 0 N–H and O–H groups in total. The molecule has 1 aromatic heterocycles. The number of nitrogens with zero attached hydrogens (tertiary/aromatic N) is 3. The van der Waals surface area contributed by atoms with Gasteiger partial charge < -0.3 is 4.90 Å². The van der Waals surface area contributed by atoms with E-state index in [0.717, 1.165) is 0 Å². The largest absolute Gasteiger partial charge is 0.337 e. The quantitative estimate of drug-likeness (QED) is 0.783. The Morgan fingerprint density at radius 3 is 2.16 bits per heavy atom. The Morgan fingerprint density at radius 1 is 1.16 bits per heavy atom. The van der Waals surface area contributed by atoms with Crippen molar-refractivity contribution in [1.29, 1.82) is 0 Å². The van der Waals surface area contributed by atoms with Crippen LogP contribution in [0.25, 0.3) is 0 Å². The highest BCUT2D eigenvalue weighted by Gasteiger charge is 2.26. The Morgan fingerprint density at radius 2 is 1.74 bits per heavy atom. The van der Waals surface area contributed by atoms with E-state index in [4.69, 9.17) is 11.6 Å². The van der Waals surface area contributed by atoms with Gasteiger partial charge in [0.1, 0.15) is 5.03 Å². The number of halogens is 1. The van der Waals surface area contributed by atoms with Crippen LogP contribution < -0.4 is 0 Å². The van der Waals surface area contributed by atoms with Gasteiger partial charge in [-0.2, -0.15) is 0 Å². The molecule has 1 rings (SSSR count). The average molecular weight is 302 g/mol. The second-order valence-corrected chi connectivity index (χ2v) is 6.64. The normalized spacial score (nSPS) is 12.8.